The SMILES string of the molecule is O=C(COC(=O)c1cc(Br)c[nH]1)NCc1ccc(F)cc1. The summed E-state index contributed by atoms with van der Waals surface area (Å²) in [6, 6.07) is 7.31. The van der Waals surface area contributed by atoms with E-state index in [2.05, 4.69) is 26.2 Å². The van der Waals surface area contributed by atoms with E-state index in [0.717, 1.165) is 10.0 Å². The average Bonchev–Trinajstić information content (AvgIpc) is 2.91. The molecule has 0 aliphatic rings. The van der Waals surface area contributed by atoms with Gasteiger partial charge in [-0.1, -0.05) is 12.1 Å². The van der Waals surface area contributed by atoms with Crippen LogP contribution in [-0.2, 0) is 16.1 Å². The van der Waals surface area contributed by atoms with E-state index in [0.29, 0.717) is 0 Å². The van der Waals surface area contributed by atoms with Crippen molar-refractivity contribution in [3.8, 4) is 0 Å². The second-order valence-corrected chi connectivity index (χ2v) is 5.13. The summed E-state index contributed by atoms with van der Waals surface area (Å²) in [5.41, 5.74) is 1.01. The van der Waals surface area contributed by atoms with Crippen molar-refractivity contribution in [3.63, 3.8) is 0 Å². The highest BCUT2D eigenvalue weighted by Crippen LogP contribution is 2.11. The lowest BCUT2D eigenvalue weighted by atomic mass is 10.2. The van der Waals surface area contributed by atoms with Gasteiger partial charge >= 0.3 is 5.97 Å². The zero-order chi connectivity index (χ0) is 15.2. The van der Waals surface area contributed by atoms with Crippen LogP contribution in [-0.4, -0.2) is 23.5 Å². The Labute approximate surface area is 128 Å². The van der Waals surface area contributed by atoms with Crippen molar-refractivity contribution < 1.29 is 18.7 Å². The highest BCUT2D eigenvalue weighted by atomic mass is 79.9. The zero-order valence-electron chi connectivity index (χ0n) is 10.9. The van der Waals surface area contributed by atoms with Crippen LogP contribution in [0.4, 0.5) is 4.39 Å². The summed E-state index contributed by atoms with van der Waals surface area (Å²) in [4.78, 5) is 25.8. The molecule has 1 amide bonds. The number of benzene rings is 1. The Morgan fingerprint density at radius 2 is 2.00 bits per heavy atom. The van der Waals surface area contributed by atoms with Crippen LogP contribution in [0.15, 0.2) is 41.0 Å². The molecule has 110 valence electrons. The summed E-state index contributed by atoms with van der Waals surface area (Å²) in [6.45, 7) is -0.138. The second kappa shape index (κ2) is 7.03. The number of esters is 1. The van der Waals surface area contributed by atoms with Crippen LogP contribution in [0.25, 0.3) is 0 Å². The van der Waals surface area contributed by atoms with E-state index in [1.807, 2.05) is 0 Å². The third kappa shape index (κ3) is 4.71. The van der Waals surface area contributed by atoms with Gasteiger partial charge in [0.15, 0.2) is 6.61 Å². The highest BCUT2D eigenvalue weighted by Gasteiger charge is 2.11. The summed E-state index contributed by atoms with van der Waals surface area (Å²) >= 11 is 3.19. The Hall–Kier alpha value is -2.15. The molecule has 1 aromatic heterocycles. The van der Waals surface area contributed by atoms with Crippen LogP contribution in [0.3, 0.4) is 0 Å². The zero-order valence-corrected chi connectivity index (χ0v) is 12.4. The molecule has 0 atom stereocenters. The molecule has 0 unspecified atom stereocenters. The average molecular weight is 355 g/mol. The van der Waals surface area contributed by atoms with Gasteiger partial charge in [-0.25, -0.2) is 9.18 Å². The first-order chi connectivity index (χ1) is 10.0. The number of ether oxygens (including phenoxy) is 1. The minimum Gasteiger partial charge on any atom is -0.451 e. The number of aromatic nitrogens is 1. The monoisotopic (exact) mass is 354 g/mol. The summed E-state index contributed by atoms with van der Waals surface area (Å²) in [5.74, 6) is -1.38. The Bertz CT molecular complexity index is 640. The smallest absolute Gasteiger partial charge is 0.355 e. The van der Waals surface area contributed by atoms with Gasteiger partial charge in [-0.3, -0.25) is 4.79 Å². The number of amides is 1. The fourth-order valence-electron chi connectivity index (χ4n) is 1.55. The fourth-order valence-corrected chi connectivity index (χ4v) is 1.89. The predicted octanol–water partition coefficient (Wildman–Crippen LogP) is 2.39. The molecule has 0 spiro atoms. The Morgan fingerprint density at radius 3 is 2.62 bits per heavy atom. The predicted molar refractivity (Wildman–Crippen MR) is 77.0 cm³/mol. The van der Waals surface area contributed by atoms with Gasteiger partial charge in [-0.15, -0.1) is 0 Å². The molecule has 0 radical (unpaired) electrons. The van der Waals surface area contributed by atoms with E-state index in [1.54, 1.807) is 24.4 Å². The Morgan fingerprint density at radius 1 is 1.29 bits per heavy atom. The maximum atomic E-state index is 12.7. The topological polar surface area (TPSA) is 71.2 Å². The summed E-state index contributed by atoms with van der Waals surface area (Å²) < 4.78 is 18.3. The van der Waals surface area contributed by atoms with E-state index in [1.165, 1.54) is 12.1 Å². The molecule has 0 saturated carbocycles. The van der Waals surface area contributed by atoms with Crippen molar-refractivity contribution in [2.45, 2.75) is 6.54 Å². The second-order valence-electron chi connectivity index (χ2n) is 4.21. The van der Waals surface area contributed by atoms with Crippen LogP contribution < -0.4 is 5.32 Å². The molecule has 0 fully saturated rings. The van der Waals surface area contributed by atoms with Crippen molar-refractivity contribution in [2.24, 2.45) is 0 Å². The first-order valence-electron chi connectivity index (χ1n) is 6.07. The quantitative estimate of drug-likeness (QED) is 0.809. The van der Waals surface area contributed by atoms with E-state index >= 15 is 0 Å². The number of halogens is 2. The fraction of sp³-hybridized carbons (Fsp3) is 0.143. The Balaban J connectivity index is 1.74. The van der Waals surface area contributed by atoms with Gasteiger partial charge in [0.05, 0.1) is 0 Å². The molecule has 1 heterocycles. The molecule has 0 aliphatic heterocycles. The van der Waals surface area contributed by atoms with Gasteiger partial charge in [0.25, 0.3) is 5.91 Å². The van der Waals surface area contributed by atoms with E-state index in [4.69, 9.17) is 4.74 Å². The largest absolute Gasteiger partial charge is 0.451 e. The van der Waals surface area contributed by atoms with Crippen LogP contribution in [0.2, 0.25) is 0 Å². The third-order valence-electron chi connectivity index (χ3n) is 2.60. The number of carbonyl (C=O) groups is 2. The van der Waals surface area contributed by atoms with Gasteiger partial charge < -0.3 is 15.0 Å². The molecule has 7 heteroatoms. The van der Waals surface area contributed by atoms with Crippen LogP contribution in [0.5, 0.6) is 0 Å². The lowest BCUT2D eigenvalue weighted by Crippen LogP contribution is -2.28. The molecule has 21 heavy (non-hydrogen) atoms. The number of aromatic amines is 1. The summed E-state index contributed by atoms with van der Waals surface area (Å²) in [5, 5.41) is 2.57. The first kappa shape index (κ1) is 15.2. The van der Waals surface area contributed by atoms with Gasteiger partial charge in [-0.2, -0.15) is 0 Å². The van der Waals surface area contributed by atoms with Gasteiger partial charge in [0, 0.05) is 17.2 Å². The molecule has 0 aliphatic carbocycles. The molecule has 2 aromatic rings. The van der Waals surface area contributed by atoms with E-state index in [-0.39, 0.29) is 24.7 Å². The number of hydrogen-bond acceptors (Lipinski definition) is 3. The van der Waals surface area contributed by atoms with Crippen molar-refractivity contribution in [3.05, 3.63) is 58.1 Å². The van der Waals surface area contributed by atoms with E-state index in [9.17, 15) is 14.0 Å². The molecule has 0 bridgehead atoms. The minimum absolute atomic E-state index is 0.241. The van der Waals surface area contributed by atoms with Crippen LogP contribution in [0, 0.1) is 5.82 Å². The van der Waals surface area contributed by atoms with E-state index < -0.39 is 11.9 Å². The number of rotatable bonds is 5. The minimum atomic E-state index is -0.613. The highest BCUT2D eigenvalue weighted by molar-refractivity contribution is 9.10. The van der Waals surface area contributed by atoms with Crippen molar-refractivity contribution in [1.82, 2.24) is 10.3 Å². The normalized spacial score (nSPS) is 10.2. The standard InChI is InChI=1S/C14H12BrFN2O3/c15-10-5-12(17-7-10)14(20)21-8-13(19)18-6-9-1-3-11(16)4-2-9/h1-5,7,17H,6,8H2,(H,18,19). The van der Waals surface area contributed by atoms with Crippen molar-refractivity contribution >= 4 is 27.8 Å². The van der Waals surface area contributed by atoms with Gasteiger partial charge in [-0.05, 0) is 39.7 Å². The van der Waals surface area contributed by atoms with Crippen molar-refractivity contribution in [1.29, 1.82) is 0 Å². The molecule has 2 N–H and O–H groups in total. The van der Waals surface area contributed by atoms with Crippen molar-refractivity contribution in [2.75, 3.05) is 6.61 Å². The van der Waals surface area contributed by atoms with Gasteiger partial charge in [0.2, 0.25) is 0 Å². The van der Waals surface area contributed by atoms with Crippen LogP contribution >= 0.6 is 15.9 Å². The molecule has 1 aromatic carbocycles. The third-order valence-corrected chi connectivity index (χ3v) is 3.06. The lowest BCUT2D eigenvalue weighted by Gasteiger charge is -2.06. The number of carbonyl (C=O) groups excluding carboxylic acids is 2. The molecular weight excluding hydrogens is 343 g/mol. The summed E-state index contributed by atoms with van der Waals surface area (Å²) in [7, 11) is 0. The Kier molecular flexibility index (Phi) is 5.10. The number of hydrogen-bond donors (Lipinski definition) is 2. The molecule has 0 saturated heterocycles. The lowest BCUT2D eigenvalue weighted by molar-refractivity contribution is -0.124. The summed E-state index contributed by atoms with van der Waals surface area (Å²) in [6.07, 6.45) is 1.59. The number of nitrogens with one attached hydrogen (secondary N) is 2. The van der Waals surface area contributed by atoms with Crippen LogP contribution in [0.1, 0.15) is 16.1 Å². The number of H-pyrrole nitrogens is 1. The maximum Gasteiger partial charge on any atom is 0.355 e. The molecular formula is C14H12BrFN2O3. The molecule has 5 nitrogen and oxygen atoms in total. The maximum absolute atomic E-state index is 12.7. The first-order valence-corrected chi connectivity index (χ1v) is 6.86. The van der Waals surface area contributed by atoms with Gasteiger partial charge in [0.1, 0.15) is 11.5 Å². The molecule has 2 rings (SSSR count).